The molecule has 0 radical (unpaired) electrons. The van der Waals surface area contributed by atoms with E-state index in [-0.39, 0.29) is 0 Å². The summed E-state index contributed by atoms with van der Waals surface area (Å²) in [5.74, 6) is 1.85. The number of benzene rings is 2. The molecule has 0 spiro atoms. The molecule has 2 heterocycles. The van der Waals surface area contributed by atoms with E-state index < -0.39 is 0 Å². The predicted octanol–water partition coefficient (Wildman–Crippen LogP) is 6.34. The van der Waals surface area contributed by atoms with Gasteiger partial charge in [0, 0.05) is 27.6 Å². The first-order valence-electron chi connectivity index (χ1n) is 8.73. The second-order valence-electron chi connectivity index (χ2n) is 6.64. The Bertz CT molecular complexity index is 1040. The van der Waals surface area contributed by atoms with E-state index >= 15 is 0 Å². The van der Waals surface area contributed by atoms with Gasteiger partial charge in [-0.15, -0.1) is 21.5 Å². The number of nitrogens with zero attached hydrogens (tertiary/aromatic N) is 3. The van der Waals surface area contributed by atoms with Gasteiger partial charge in [-0.3, -0.25) is 4.57 Å². The summed E-state index contributed by atoms with van der Waals surface area (Å²) in [5.41, 5.74) is 2.49. The van der Waals surface area contributed by atoms with Crippen LogP contribution in [0, 0.1) is 6.92 Å². The largest absolute Gasteiger partial charge is 0.299 e. The average Bonchev–Trinajstić information content (AvgIpc) is 3.25. The molecule has 0 unspecified atom stereocenters. The van der Waals surface area contributed by atoms with Gasteiger partial charge in [-0.1, -0.05) is 54.2 Å². The van der Waals surface area contributed by atoms with Gasteiger partial charge < -0.3 is 0 Å². The third-order valence-corrected chi connectivity index (χ3v) is 6.26. The lowest BCUT2D eigenvalue weighted by Crippen LogP contribution is -2.04. The van der Waals surface area contributed by atoms with Gasteiger partial charge in [0.2, 0.25) is 0 Å². The van der Waals surface area contributed by atoms with E-state index in [1.54, 1.807) is 23.1 Å². The van der Waals surface area contributed by atoms with Crippen LogP contribution in [0.15, 0.2) is 59.1 Å². The second-order valence-corrected chi connectivity index (χ2v) is 8.70. The quantitative estimate of drug-likeness (QED) is 0.379. The van der Waals surface area contributed by atoms with Crippen molar-refractivity contribution < 1.29 is 0 Å². The van der Waals surface area contributed by atoms with Gasteiger partial charge in [-0.2, -0.15) is 0 Å². The zero-order valence-corrected chi connectivity index (χ0v) is 16.8. The van der Waals surface area contributed by atoms with Crippen molar-refractivity contribution in [1.29, 1.82) is 0 Å². The standard InChI is InChI=1S/C21H21N3S2/c1-14(2)24-20(18-11-15(3)25-13-18)22-23-21(24)26-12-17-9-6-8-16-7-4-5-10-19(16)17/h4-11,13-14H,12H2,1-3H3. The molecule has 2 aromatic carbocycles. The van der Waals surface area contributed by atoms with Crippen molar-refractivity contribution in [1.82, 2.24) is 14.8 Å². The van der Waals surface area contributed by atoms with Crippen molar-refractivity contribution in [3.8, 4) is 11.4 Å². The number of hydrogen-bond acceptors (Lipinski definition) is 4. The Morgan fingerprint density at radius 1 is 1.08 bits per heavy atom. The highest BCUT2D eigenvalue weighted by molar-refractivity contribution is 7.98. The summed E-state index contributed by atoms with van der Waals surface area (Å²) in [6.07, 6.45) is 0. The van der Waals surface area contributed by atoms with E-state index in [2.05, 4.69) is 89.4 Å². The topological polar surface area (TPSA) is 30.7 Å². The van der Waals surface area contributed by atoms with E-state index in [1.165, 1.54) is 21.2 Å². The minimum absolute atomic E-state index is 0.315. The molecule has 132 valence electrons. The lowest BCUT2D eigenvalue weighted by atomic mass is 10.1. The van der Waals surface area contributed by atoms with Gasteiger partial charge in [0.15, 0.2) is 11.0 Å². The molecule has 0 amide bonds. The van der Waals surface area contributed by atoms with Gasteiger partial charge >= 0.3 is 0 Å². The maximum atomic E-state index is 4.50. The summed E-state index contributed by atoms with van der Waals surface area (Å²) in [4.78, 5) is 1.29. The monoisotopic (exact) mass is 379 g/mol. The molecule has 0 saturated heterocycles. The fourth-order valence-electron chi connectivity index (χ4n) is 3.16. The van der Waals surface area contributed by atoms with Gasteiger partial charge in [0.05, 0.1) is 0 Å². The lowest BCUT2D eigenvalue weighted by Gasteiger charge is -2.13. The van der Waals surface area contributed by atoms with Gasteiger partial charge in [0.1, 0.15) is 0 Å². The first-order chi connectivity index (χ1) is 12.6. The predicted molar refractivity (Wildman–Crippen MR) is 112 cm³/mol. The summed E-state index contributed by atoms with van der Waals surface area (Å²) < 4.78 is 2.25. The summed E-state index contributed by atoms with van der Waals surface area (Å²) >= 11 is 3.51. The summed E-state index contributed by atoms with van der Waals surface area (Å²) in [5, 5.41) is 14.7. The normalized spacial score (nSPS) is 11.5. The number of thioether (sulfide) groups is 1. The smallest absolute Gasteiger partial charge is 0.192 e. The van der Waals surface area contributed by atoms with E-state index in [4.69, 9.17) is 0 Å². The Balaban J connectivity index is 1.65. The maximum Gasteiger partial charge on any atom is 0.192 e. The Morgan fingerprint density at radius 2 is 1.88 bits per heavy atom. The van der Waals surface area contributed by atoms with Crippen molar-refractivity contribution in [2.75, 3.05) is 0 Å². The summed E-state index contributed by atoms with van der Waals surface area (Å²) in [6.45, 7) is 6.50. The zero-order chi connectivity index (χ0) is 18.1. The molecule has 0 aliphatic heterocycles. The number of aryl methyl sites for hydroxylation is 1. The maximum absolute atomic E-state index is 4.50. The molecule has 4 rings (SSSR count). The number of aromatic nitrogens is 3. The SMILES string of the molecule is Cc1cc(-c2nnc(SCc3cccc4ccccc34)n2C(C)C)cs1. The highest BCUT2D eigenvalue weighted by atomic mass is 32.2. The minimum Gasteiger partial charge on any atom is -0.299 e. The van der Waals surface area contributed by atoms with Gasteiger partial charge in [-0.25, -0.2) is 0 Å². The third-order valence-electron chi connectivity index (χ3n) is 4.41. The van der Waals surface area contributed by atoms with E-state index in [1.807, 2.05) is 0 Å². The van der Waals surface area contributed by atoms with E-state index in [9.17, 15) is 0 Å². The Labute approximate surface area is 162 Å². The highest BCUT2D eigenvalue weighted by Gasteiger charge is 2.17. The molecule has 0 atom stereocenters. The van der Waals surface area contributed by atoms with Crippen LogP contribution in [0.25, 0.3) is 22.2 Å². The van der Waals surface area contributed by atoms with Crippen molar-refractivity contribution in [3.63, 3.8) is 0 Å². The summed E-state index contributed by atoms with van der Waals surface area (Å²) in [7, 11) is 0. The van der Waals surface area contributed by atoms with Crippen LogP contribution in [-0.2, 0) is 5.75 Å². The molecule has 26 heavy (non-hydrogen) atoms. The number of fused-ring (bicyclic) bond motifs is 1. The van der Waals surface area contributed by atoms with Crippen LogP contribution in [0.3, 0.4) is 0 Å². The molecule has 0 aliphatic carbocycles. The average molecular weight is 380 g/mol. The van der Waals surface area contributed by atoms with Crippen LogP contribution in [0.1, 0.15) is 30.3 Å². The van der Waals surface area contributed by atoms with Crippen LogP contribution in [0.4, 0.5) is 0 Å². The van der Waals surface area contributed by atoms with E-state index in [0.29, 0.717) is 6.04 Å². The first-order valence-corrected chi connectivity index (χ1v) is 10.6. The molecule has 0 fully saturated rings. The molecule has 0 bridgehead atoms. The molecule has 0 saturated carbocycles. The van der Waals surface area contributed by atoms with Crippen LogP contribution in [0.5, 0.6) is 0 Å². The molecule has 4 aromatic rings. The Kier molecular flexibility index (Phi) is 4.83. The van der Waals surface area contributed by atoms with E-state index in [0.717, 1.165) is 22.3 Å². The van der Waals surface area contributed by atoms with Gasteiger partial charge in [-0.05, 0) is 43.2 Å². The van der Waals surface area contributed by atoms with Crippen LogP contribution < -0.4 is 0 Å². The zero-order valence-electron chi connectivity index (χ0n) is 15.1. The molecular weight excluding hydrogens is 358 g/mol. The molecule has 0 aliphatic rings. The molecule has 5 heteroatoms. The minimum atomic E-state index is 0.315. The summed E-state index contributed by atoms with van der Waals surface area (Å²) in [6, 6.07) is 17.5. The fraction of sp³-hybridized carbons (Fsp3) is 0.238. The molecule has 2 aromatic heterocycles. The lowest BCUT2D eigenvalue weighted by molar-refractivity contribution is 0.555. The Morgan fingerprint density at radius 3 is 2.65 bits per heavy atom. The van der Waals surface area contributed by atoms with Gasteiger partial charge in [0.25, 0.3) is 0 Å². The molecule has 0 N–H and O–H groups in total. The molecular formula is C21H21N3S2. The number of thiophene rings is 1. The third kappa shape index (κ3) is 3.29. The fourth-order valence-corrected chi connectivity index (χ4v) is 4.91. The van der Waals surface area contributed by atoms with Crippen molar-refractivity contribution in [2.24, 2.45) is 0 Å². The van der Waals surface area contributed by atoms with Crippen LogP contribution in [0.2, 0.25) is 0 Å². The molecule has 3 nitrogen and oxygen atoms in total. The van der Waals surface area contributed by atoms with Crippen LogP contribution >= 0.6 is 23.1 Å². The number of rotatable bonds is 5. The second kappa shape index (κ2) is 7.25. The van der Waals surface area contributed by atoms with Crippen molar-refractivity contribution in [2.45, 2.75) is 37.7 Å². The van der Waals surface area contributed by atoms with Crippen LogP contribution in [-0.4, -0.2) is 14.8 Å². The number of hydrogen-bond donors (Lipinski definition) is 0. The Hall–Kier alpha value is -2.11. The first kappa shape index (κ1) is 17.3. The van der Waals surface area contributed by atoms with Crippen molar-refractivity contribution in [3.05, 3.63) is 64.4 Å². The highest BCUT2D eigenvalue weighted by Crippen LogP contribution is 2.32. The van der Waals surface area contributed by atoms with Crippen molar-refractivity contribution >= 4 is 33.9 Å².